The first-order valence-electron chi connectivity index (χ1n) is 8.10. The molecule has 132 valence electrons. The molecule has 0 aromatic heterocycles. The van der Waals surface area contributed by atoms with Crippen LogP contribution >= 0.6 is 11.6 Å². The number of anilines is 1. The van der Waals surface area contributed by atoms with E-state index < -0.39 is 11.7 Å². The maximum Gasteiger partial charge on any atom is 0.266 e. The van der Waals surface area contributed by atoms with Crippen LogP contribution in [-0.2, 0) is 4.79 Å². The van der Waals surface area contributed by atoms with Crippen molar-refractivity contribution < 1.29 is 9.18 Å². The van der Waals surface area contributed by atoms with Crippen molar-refractivity contribution in [2.75, 3.05) is 5.32 Å². The molecule has 0 aliphatic heterocycles. The zero-order chi connectivity index (χ0) is 19.2. The molecule has 1 amide bonds. The van der Waals surface area contributed by atoms with Gasteiger partial charge in [0, 0.05) is 5.69 Å². The van der Waals surface area contributed by atoms with E-state index in [9.17, 15) is 14.4 Å². The lowest BCUT2D eigenvalue weighted by molar-refractivity contribution is -0.112. The van der Waals surface area contributed by atoms with Gasteiger partial charge in [0.2, 0.25) is 0 Å². The van der Waals surface area contributed by atoms with Crippen LogP contribution in [0.4, 0.5) is 10.1 Å². The van der Waals surface area contributed by atoms with Crippen LogP contribution in [0.1, 0.15) is 5.56 Å². The van der Waals surface area contributed by atoms with E-state index >= 15 is 0 Å². The number of nitrogens with zero attached hydrogens (tertiary/aromatic N) is 1. The normalized spacial score (nSPS) is 10.9. The van der Waals surface area contributed by atoms with Gasteiger partial charge in [0.05, 0.1) is 5.02 Å². The maximum atomic E-state index is 13.2. The summed E-state index contributed by atoms with van der Waals surface area (Å²) < 4.78 is 13.2. The molecule has 3 aromatic carbocycles. The number of nitriles is 1. The van der Waals surface area contributed by atoms with Crippen molar-refractivity contribution in [3.05, 3.63) is 94.8 Å². The van der Waals surface area contributed by atoms with Crippen LogP contribution in [0, 0.1) is 17.1 Å². The van der Waals surface area contributed by atoms with Crippen LogP contribution in [0.3, 0.4) is 0 Å². The second-order valence-electron chi connectivity index (χ2n) is 5.74. The average molecular weight is 377 g/mol. The van der Waals surface area contributed by atoms with E-state index in [-0.39, 0.29) is 10.6 Å². The van der Waals surface area contributed by atoms with Crippen molar-refractivity contribution in [3.63, 3.8) is 0 Å². The van der Waals surface area contributed by atoms with E-state index in [0.29, 0.717) is 5.69 Å². The smallest absolute Gasteiger partial charge is 0.266 e. The van der Waals surface area contributed by atoms with Crippen LogP contribution in [0.15, 0.2) is 78.4 Å². The molecule has 0 heterocycles. The van der Waals surface area contributed by atoms with Gasteiger partial charge in [0.1, 0.15) is 17.5 Å². The van der Waals surface area contributed by atoms with Gasteiger partial charge in [-0.2, -0.15) is 5.26 Å². The van der Waals surface area contributed by atoms with Gasteiger partial charge in [-0.05, 0) is 41.0 Å². The van der Waals surface area contributed by atoms with Crippen molar-refractivity contribution in [1.29, 1.82) is 5.26 Å². The van der Waals surface area contributed by atoms with E-state index in [4.69, 9.17) is 11.6 Å². The van der Waals surface area contributed by atoms with Crippen LogP contribution in [0.2, 0.25) is 5.02 Å². The Labute approximate surface area is 161 Å². The summed E-state index contributed by atoms with van der Waals surface area (Å²) in [5.74, 6) is -1.17. The quantitative estimate of drug-likeness (QED) is 0.469. The van der Waals surface area contributed by atoms with Crippen molar-refractivity contribution in [2.24, 2.45) is 0 Å². The number of benzene rings is 3. The highest BCUT2D eigenvalue weighted by Gasteiger charge is 2.11. The molecule has 3 nitrogen and oxygen atoms in total. The molecule has 3 aromatic rings. The molecule has 27 heavy (non-hydrogen) atoms. The second kappa shape index (κ2) is 8.31. The summed E-state index contributed by atoms with van der Waals surface area (Å²) >= 11 is 5.70. The minimum atomic E-state index is -0.590. The number of hydrogen-bond donors (Lipinski definition) is 1. The summed E-state index contributed by atoms with van der Waals surface area (Å²) in [4.78, 5) is 12.3. The Kier molecular flexibility index (Phi) is 5.65. The minimum absolute atomic E-state index is 0.0668. The second-order valence-corrected chi connectivity index (χ2v) is 6.15. The van der Waals surface area contributed by atoms with Gasteiger partial charge in [-0.1, -0.05) is 66.2 Å². The lowest BCUT2D eigenvalue weighted by Crippen LogP contribution is -2.13. The first-order valence-corrected chi connectivity index (χ1v) is 8.48. The molecule has 0 aliphatic carbocycles. The summed E-state index contributed by atoms with van der Waals surface area (Å²) in [6.07, 6.45) is 1.50. The van der Waals surface area contributed by atoms with Gasteiger partial charge in [-0.25, -0.2) is 4.39 Å². The van der Waals surface area contributed by atoms with E-state index in [0.717, 1.165) is 22.8 Å². The Morgan fingerprint density at radius 2 is 1.67 bits per heavy atom. The Morgan fingerprint density at radius 1 is 1.00 bits per heavy atom. The van der Waals surface area contributed by atoms with E-state index in [1.165, 1.54) is 18.2 Å². The van der Waals surface area contributed by atoms with Crippen LogP contribution < -0.4 is 5.32 Å². The molecule has 0 saturated heterocycles. The molecule has 0 fully saturated rings. The summed E-state index contributed by atoms with van der Waals surface area (Å²) in [6.45, 7) is 0. The molecule has 1 N–H and O–H groups in total. The fraction of sp³-hybridized carbons (Fsp3) is 0. The van der Waals surface area contributed by atoms with Gasteiger partial charge in [-0.3, -0.25) is 4.79 Å². The van der Waals surface area contributed by atoms with Crippen molar-refractivity contribution in [2.45, 2.75) is 0 Å². The monoisotopic (exact) mass is 376 g/mol. The summed E-state index contributed by atoms with van der Waals surface area (Å²) in [5.41, 5.74) is 3.09. The highest BCUT2D eigenvalue weighted by molar-refractivity contribution is 6.31. The van der Waals surface area contributed by atoms with Gasteiger partial charge in [0.15, 0.2) is 0 Å². The molecule has 0 bridgehead atoms. The molecular formula is C22H14ClFN2O. The Morgan fingerprint density at radius 3 is 2.30 bits per heavy atom. The number of halogens is 2. The van der Waals surface area contributed by atoms with Gasteiger partial charge >= 0.3 is 0 Å². The third-order valence-corrected chi connectivity index (χ3v) is 4.16. The topological polar surface area (TPSA) is 52.9 Å². The summed E-state index contributed by atoms with van der Waals surface area (Å²) in [7, 11) is 0. The first-order chi connectivity index (χ1) is 13.1. The summed E-state index contributed by atoms with van der Waals surface area (Å²) in [5, 5.41) is 11.7. The molecule has 0 unspecified atom stereocenters. The molecule has 0 radical (unpaired) electrons. The standard InChI is InChI=1S/C22H14ClFN2O/c23-20-13-19(10-11-21(20)24)26-22(27)18(14-25)12-15-6-8-17(9-7-15)16-4-2-1-3-5-16/h1-13H,(H,26,27)/b18-12+. The first kappa shape index (κ1) is 18.4. The van der Waals surface area contributed by atoms with Crippen molar-refractivity contribution in [1.82, 2.24) is 0 Å². The third-order valence-electron chi connectivity index (χ3n) is 3.87. The van der Waals surface area contributed by atoms with Gasteiger partial charge in [-0.15, -0.1) is 0 Å². The van der Waals surface area contributed by atoms with Gasteiger partial charge < -0.3 is 5.32 Å². The third kappa shape index (κ3) is 4.60. The predicted octanol–water partition coefficient (Wildman–Crippen LogP) is 5.69. The van der Waals surface area contributed by atoms with E-state index in [2.05, 4.69) is 5.32 Å². The number of carbonyl (C=O) groups is 1. The maximum absolute atomic E-state index is 13.2. The van der Waals surface area contributed by atoms with Crippen molar-refractivity contribution >= 4 is 29.3 Å². The van der Waals surface area contributed by atoms with Crippen LogP contribution in [-0.4, -0.2) is 5.91 Å². The van der Waals surface area contributed by atoms with Gasteiger partial charge in [0.25, 0.3) is 5.91 Å². The summed E-state index contributed by atoms with van der Waals surface area (Å²) in [6, 6.07) is 23.1. The SMILES string of the molecule is N#C/C(=C\c1ccc(-c2ccccc2)cc1)C(=O)Nc1ccc(F)c(Cl)c1. The zero-order valence-corrected chi connectivity index (χ0v) is 14.9. The molecule has 0 aliphatic rings. The Bertz CT molecular complexity index is 1040. The number of amides is 1. The predicted molar refractivity (Wildman–Crippen MR) is 106 cm³/mol. The molecule has 0 saturated carbocycles. The fourth-order valence-electron chi connectivity index (χ4n) is 2.49. The zero-order valence-electron chi connectivity index (χ0n) is 14.1. The van der Waals surface area contributed by atoms with E-state index in [1.54, 1.807) is 0 Å². The number of hydrogen-bond acceptors (Lipinski definition) is 2. The Hall–Kier alpha value is -3.42. The van der Waals surface area contributed by atoms with E-state index in [1.807, 2.05) is 60.7 Å². The van der Waals surface area contributed by atoms with Crippen LogP contribution in [0.5, 0.6) is 0 Å². The lowest BCUT2D eigenvalue weighted by Gasteiger charge is -2.06. The molecule has 0 atom stereocenters. The highest BCUT2D eigenvalue weighted by atomic mass is 35.5. The van der Waals surface area contributed by atoms with Crippen molar-refractivity contribution in [3.8, 4) is 17.2 Å². The minimum Gasteiger partial charge on any atom is -0.321 e. The molecule has 5 heteroatoms. The number of carbonyl (C=O) groups excluding carboxylic acids is 1. The Balaban J connectivity index is 1.78. The number of rotatable bonds is 4. The molecule has 3 rings (SSSR count). The number of nitrogens with one attached hydrogen (secondary N) is 1. The largest absolute Gasteiger partial charge is 0.321 e. The van der Waals surface area contributed by atoms with Crippen LogP contribution in [0.25, 0.3) is 17.2 Å². The fourth-order valence-corrected chi connectivity index (χ4v) is 2.67. The average Bonchev–Trinajstić information content (AvgIpc) is 2.70. The highest BCUT2D eigenvalue weighted by Crippen LogP contribution is 2.22. The molecular weight excluding hydrogens is 363 g/mol. The molecule has 0 spiro atoms. The lowest BCUT2D eigenvalue weighted by atomic mass is 10.0.